The van der Waals surface area contributed by atoms with Crippen LogP contribution in [0.1, 0.15) is 26.7 Å². The van der Waals surface area contributed by atoms with E-state index in [0.29, 0.717) is 25.9 Å². The third-order valence-corrected chi connectivity index (χ3v) is 3.21. The number of hydrogen-bond donors (Lipinski definition) is 2. The fraction of sp³-hybridized carbons (Fsp3) is 0.750. The molecule has 1 unspecified atom stereocenters. The summed E-state index contributed by atoms with van der Waals surface area (Å²) in [6, 6.07) is -0.552. The number of carboxylic acid groups (broad SMARTS) is 1. The lowest BCUT2D eigenvalue weighted by atomic mass is 10.2. The number of hydrogen-bond acceptors (Lipinski definition) is 3. The van der Waals surface area contributed by atoms with E-state index in [1.807, 2.05) is 6.92 Å². The zero-order chi connectivity index (χ0) is 14.4. The second-order valence-corrected chi connectivity index (χ2v) is 4.69. The summed E-state index contributed by atoms with van der Waals surface area (Å²) in [5.74, 6) is -1.25. The molecule has 0 aromatic heterocycles. The first-order chi connectivity index (χ1) is 8.95. The average molecular weight is 271 g/mol. The SMILES string of the molecule is CCC(C)N(CC(=O)O)C(=O)N1CCCNC(=O)C1. The van der Waals surface area contributed by atoms with Crippen LogP contribution >= 0.6 is 0 Å². The van der Waals surface area contributed by atoms with Crippen LogP contribution in [0.4, 0.5) is 4.79 Å². The van der Waals surface area contributed by atoms with Crippen LogP contribution in [0.2, 0.25) is 0 Å². The summed E-state index contributed by atoms with van der Waals surface area (Å²) in [7, 11) is 0. The Bertz CT molecular complexity index is 359. The zero-order valence-corrected chi connectivity index (χ0v) is 11.4. The van der Waals surface area contributed by atoms with Gasteiger partial charge in [0.15, 0.2) is 0 Å². The van der Waals surface area contributed by atoms with Crippen LogP contribution in [0.3, 0.4) is 0 Å². The smallest absolute Gasteiger partial charge is 0.323 e. The highest BCUT2D eigenvalue weighted by Crippen LogP contribution is 2.09. The summed E-state index contributed by atoms with van der Waals surface area (Å²) in [6.07, 6.45) is 1.35. The molecule has 0 aromatic carbocycles. The van der Waals surface area contributed by atoms with Gasteiger partial charge in [-0.2, -0.15) is 0 Å². The predicted octanol–water partition coefficient (Wildman–Crippen LogP) is 0.113. The molecule has 7 heteroatoms. The van der Waals surface area contributed by atoms with Crippen molar-refractivity contribution in [3.8, 4) is 0 Å². The third kappa shape index (κ3) is 4.42. The van der Waals surface area contributed by atoms with Gasteiger partial charge in [0.1, 0.15) is 13.1 Å². The first-order valence-corrected chi connectivity index (χ1v) is 6.49. The maximum absolute atomic E-state index is 12.3. The van der Waals surface area contributed by atoms with E-state index in [0.717, 1.165) is 0 Å². The molecule has 108 valence electrons. The molecule has 0 bridgehead atoms. The number of amides is 3. The molecule has 1 aliphatic rings. The summed E-state index contributed by atoms with van der Waals surface area (Å²) in [5, 5.41) is 11.6. The lowest BCUT2D eigenvalue weighted by Crippen LogP contribution is -2.50. The molecule has 7 nitrogen and oxygen atoms in total. The van der Waals surface area contributed by atoms with Crippen LogP contribution < -0.4 is 5.32 Å². The lowest BCUT2D eigenvalue weighted by molar-refractivity contribution is -0.138. The molecule has 1 atom stereocenters. The van der Waals surface area contributed by atoms with Crippen molar-refractivity contribution in [1.29, 1.82) is 0 Å². The van der Waals surface area contributed by atoms with Crippen molar-refractivity contribution < 1.29 is 19.5 Å². The van der Waals surface area contributed by atoms with Crippen molar-refractivity contribution in [3.05, 3.63) is 0 Å². The first kappa shape index (κ1) is 15.3. The maximum Gasteiger partial charge on any atom is 0.323 e. The van der Waals surface area contributed by atoms with Crippen molar-refractivity contribution in [1.82, 2.24) is 15.1 Å². The molecule has 19 heavy (non-hydrogen) atoms. The Balaban J connectivity index is 2.78. The second-order valence-electron chi connectivity index (χ2n) is 4.69. The molecule has 0 radical (unpaired) electrons. The van der Waals surface area contributed by atoms with E-state index in [4.69, 9.17) is 5.11 Å². The van der Waals surface area contributed by atoms with Gasteiger partial charge in [-0.15, -0.1) is 0 Å². The molecular weight excluding hydrogens is 250 g/mol. The standard InChI is InChI=1S/C12H21N3O4/c1-3-9(2)15(8-11(17)18)12(19)14-6-4-5-13-10(16)7-14/h9H,3-8H2,1-2H3,(H,13,16)(H,17,18). The van der Waals surface area contributed by atoms with Gasteiger partial charge < -0.3 is 20.2 Å². The topological polar surface area (TPSA) is 90.0 Å². The number of carboxylic acids is 1. The van der Waals surface area contributed by atoms with E-state index in [1.165, 1.54) is 9.80 Å². The van der Waals surface area contributed by atoms with Crippen LogP contribution in [0.25, 0.3) is 0 Å². The van der Waals surface area contributed by atoms with Crippen molar-refractivity contribution in [2.75, 3.05) is 26.2 Å². The molecule has 2 N–H and O–H groups in total. The molecular formula is C12H21N3O4. The number of carbonyl (C=O) groups is 3. The van der Waals surface area contributed by atoms with Crippen molar-refractivity contribution in [2.45, 2.75) is 32.7 Å². The van der Waals surface area contributed by atoms with Gasteiger partial charge in [-0.05, 0) is 19.8 Å². The zero-order valence-electron chi connectivity index (χ0n) is 11.4. The Kier molecular flexibility index (Phi) is 5.59. The Hall–Kier alpha value is -1.79. The molecule has 1 heterocycles. The van der Waals surface area contributed by atoms with Gasteiger partial charge in [0.2, 0.25) is 5.91 Å². The molecule has 1 saturated heterocycles. The molecule has 1 aliphatic heterocycles. The molecule has 1 rings (SSSR count). The third-order valence-electron chi connectivity index (χ3n) is 3.21. The van der Waals surface area contributed by atoms with Gasteiger partial charge >= 0.3 is 12.0 Å². The summed E-state index contributed by atoms with van der Waals surface area (Å²) in [5.41, 5.74) is 0. The molecule has 3 amide bonds. The van der Waals surface area contributed by atoms with Crippen LogP contribution in [0.15, 0.2) is 0 Å². The second kappa shape index (κ2) is 6.96. The highest BCUT2D eigenvalue weighted by Gasteiger charge is 2.28. The van der Waals surface area contributed by atoms with Gasteiger partial charge in [0.25, 0.3) is 0 Å². The van der Waals surface area contributed by atoms with Crippen LogP contribution in [0, 0.1) is 0 Å². The quantitative estimate of drug-likeness (QED) is 0.759. The Morgan fingerprint density at radius 2 is 2.21 bits per heavy atom. The maximum atomic E-state index is 12.3. The van der Waals surface area contributed by atoms with Gasteiger partial charge in [-0.1, -0.05) is 6.92 Å². The molecule has 0 saturated carbocycles. The van der Waals surface area contributed by atoms with Crippen LogP contribution in [-0.2, 0) is 9.59 Å². The first-order valence-electron chi connectivity index (χ1n) is 6.49. The van der Waals surface area contributed by atoms with Gasteiger partial charge in [-0.3, -0.25) is 9.59 Å². The van der Waals surface area contributed by atoms with Gasteiger partial charge in [0.05, 0.1) is 0 Å². The average Bonchev–Trinajstić information content (AvgIpc) is 2.58. The summed E-state index contributed by atoms with van der Waals surface area (Å²) in [6.45, 7) is 4.35. The van der Waals surface area contributed by atoms with Crippen LogP contribution in [0.5, 0.6) is 0 Å². The Morgan fingerprint density at radius 3 is 2.79 bits per heavy atom. The van der Waals surface area contributed by atoms with E-state index in [-0.39, 0.29) is 31.1 Å². The van der Waals surface area contributed by atoms with Crippen LogP contribution in [-0.4, -0.2) is 65.0 Å². The van der Waals surface area contributed by atoms with E-state index in [2.05, 4.69) is 5.32 Å². The number of nitrogens with zero attached hydrogens (tertiary/aromatic N) is 2. The predicted molar refractivity (Wildman–Crippen MR) is 68.7 cm³/mol. The summed E-state index contributed by atoms with van der Waals surface area (Å²) < 4.78 is 0. The van der Waals surface area contributed by atoms with Crippen molar-refractivity contribution in [3.63, 3.8) is 0 Å². The fourth-order valence-electron chi connectivity index (χ4n) is 1.93. The van der Waals surface area contributed by atoms with Crippen molar-refractivity contribution in [2.24, 2.45) is 0 Å². The Morgan fingerprint density at radius 1 is 1.53 bits per heavy atom. The minimum Gasteiger partial charge on any atom is -0.480 e. The van der Waals surface area contributed by atoms with E-state index in [9.17, 15) is 14.4 Å². The molecule has 1 fully saturated rings. The van der Waals surface area contributed by atoms with E-state index in [1.54, 1.807) is 6.92 Å². The monoisotopic (exact) mass is 271 g/mol. The number of carbonyl (C=O) groups excluding carboxylic acids is 2. The molecule has 0 spiro atoms. The van der Waals surface area contributed by atoms with E-state index >= 15 is 0 Å². The highest BCUT2D eigenvalue weighted by molar-refractivity contribution is 5.86. The van der Waals surface area contributed by atoms with Gasteiger partial charge in [0, 0.05) is 19.1 Å². The summed E-state index contributed by atoms with van der Waals surface area (Å²) in [4.78, 5) is 37.4. The molecule has 0 aliphatic carbocycles. The van der Waals surface area contributed by atoms with Crippen molar-refractivity contribution >= 4 is 17.9 Å². The minimum atomic E-state index is -1.05. The number of urea groups is 1. The lowest BCUT2D eigenvalue weighted by Gasteiger charge is -2.32. The highest BCUT2D eigenvalue weighted by atomic mass is 16.4. The van der Waals surface area contributed by atoms with Gasteiger partial charge in [-0.25, -0.2) is 4.79 Å². The largest absolute Gasteiger partial charge is 0.480 e. The fourth-order valence-corrected chi connectivity index (χ4v) is 1.93. The summed E-state index contributed by atoms with van der Waals surface area (Å²) >= 11 is 0. The number of nitrogens with one attached hydrogen (secondary N) is 1. The minimum absolute atomic E-state index is 0.00854. The molecule has 0 aromatic rings. The Labute approximate surface area is 112 Å². The number of aliphatic carboxylic acids is 1. The normalized spacial score (nSPS) is 17.4. The number of rotatable bonds is 4. The van der Waals surface area contributed by atoms with E-state index < -0.39 is 5.97 Å².